The molecule has 0 fully saturated rings. The minimum atomic E-state index is -0.830. The molecule has 2 aliphatic carbocycles. The summed E-state index contributed by atoms with van der Waals surface area (Å²) < 4.78 is 0. The minimum absolute atomic E-state index is 0. The number of aliphatic hydroxyl groups is 2. The standard InChI is InChI=1S/C18H30O3.C18H28O3.C18H30O2.C18H28O2.3CH4/c2*1-11(2)7-8-14-15(9-10-18(5,6)21)17(20)13(4)12(3)16(14)19;2*1-11(2)7-9-15-16(10-8-12(3)4)18(20)14(6)13(5)17(15)19;;;/h11,19-21H,7-10H2,1-6H3;11,21H,7-10H2,1-6H3;11-12,19-20H,7-10H2,1-6H3;11-12H,7-10H2,1-6H3;3*1H4. The molecular formula is C75H128O10. The zero-order valence-corrected chi connectivity index (χ0v) is 56.1. The van der Waals surface area contributed by atoms with Gasteiger partial charge in [-0.3, -0.25) is 19.2 Å². The fraction of sp³-hybridized carbons (Fsp3) is 0.680. The summed E-state index contributed by atoms with van der Waals surface area (Å²) >= 11 is 0. The quantitative estimate of drug-likeness (QED) is 0.0436. The Kier molecular flexibility index (Phi) is 37.5. The largest absolute Gasteiger partial charge is 0.507 e. The second kappa shape index (κ2) is 37.8. The number of phenols is 4. The highest BCUT2D eigenvalue weighted by Crippen LogP contribution is 2.41. The Hall–Kier alpha value is -4.80. The van der Waals surface area contributed by atoms with Crippen molar-refractivity contribution in [1.29, 1.82) is 0 Å². The number of rotatable bonds is 24. The Morgan fingerprint density at radius 3 is 0.647 bits per heavy atom. The molecule has 0 spiro atoms. The second-order valence-corrected chi connectivity index (χ2v) is 27.8. The van der Waals surface area contributed by atoms with E-state index in [1.807, 2.05) is 27.7 Å². The van der Waals surface area contributed by atoms with Crippen LogP contribution in [-0.4, -0.2) is 65.0 Å². The van der Waals surface area contributed by atoms with E-state index < -0.39 is 11.2 Å². The van der Waals surface area contributed by atoms with Gasteiger partial charge in [0.2, 0.25) is 0 Å². The maximum atomic E-state index is 12.5. The molecule has 488 valence electrons. The lowest BCUT2D eigenvalue weighted by Crippen LogP contribution is -2.25. The lowest BCUT2D eigenvalue weighted by atomic mass is 9.80. The van der Waals surface area contributed by atoms with Crippen LogP contribution in [0.1, 0.15) is 282 Å². The van der Waals surface area contributed by atoms with Gasteiger partial charge in [-0.15, -0.1) is 0 Å². The summed E-state index contributed by atoms with van der Waals surface area (Å²) in [5, 5.41) is 61.6. The fourth-order valence-corrected chi connectivity index (χ4v) is 9.92. The Morgan fingerprint density at radius 1 is 0.294 bits per heavy atom. The van der Waals surface area contributed by atoms with Crippen LogP contribution in [0.2, 0.25) is 0 Å². The summed E-state index contributed by atoms with van der Waals surface area (Å²) in [6.45, 7) is 47.3. The number of carbonyl (C=O) groups is 4. The molecule has 6 N–H and O–H groups in total. The van der Waals surface area contributed by atoms with Gasteiger partial charge < -0.3 is 30.6 Å². The van der Waals surface area contributed by atoms with Crippen molar-refractivity contribution in [3.63, 3.8) is 0 Å². The van der Waals surface area contributed by atoms with Crippen LogP contribution in [0.3, 0.4) is 0 Å². The predicted octanol–water partition coefficient (Wildman–Crippen LogP) is 19.2. The number of hydrogen-bond donors (Lipinski definition) is 6. The van der Waals surface area contributed by atoms with Gasteiger partial charge in [-0.2, -0.15) is 0 Å². The van der Waals surface area contributed by atoms with E-state index >= 15 is 0 Å². The Labute approximate surface area is 520 Å². The topological polar surface area (TPSA) is 190 Å². The van der Waals surface area contributed by atoms with Crippen molar-refractivity contribution >= 4 is 23.1 Å². The monoisotopic (exact) mass is 1190 g/mol. The van der Waals surface area contributed by atoms with Crippen LogP contribution in [0.4, 0.5) is 0 Å². The highest BCUT2D eigenvalue weighted by atomic mass is 16.3. The molecule has 0 amide bonds. The lowest BCUT2D eigenvalue weighted by molar-refractivity contribution is -0.116. The molecule has 2 aromatic rings. The van der Waals surface area contributed by atoms with E-state index in [4.69, 9.17) is 0 Å². The molecule has 0 heterocycles. The molecular weight excluding hydrogens is 1060 g/mol. The van der Waals surface area contributed by atoms with Crippen molar-refractivity contribution in [3.8, 4) is 23.0 Å². The van der Waals surface area contributed by atoms with Crippen LogP contribution in [0.5, 0.6) is 23.0 Å². The molecule has 10 heteroatoms. The van der Waals surface area contributed by atoms with Gasteiger partial charge in [-0.1, -0.05) is 105 Å². The number of carbonyl (C=O) groups excluding carboxylic acids is 4. The smallest absolute Gasteiger partial charge is 0.185 e. The third-order valence-corrected chi connectivity index (χ3v) is 16.5. The van der Waals surface area contributed by atoms with Crippen molar-refractivity contribution in [1.82, 2.24) is 0 Å². The van der Waals surface area contributed by atoms with Gasteiger partial charge in [0.1, 0.15) is 23.0 Å². The molecule has 0 unspecified atom stereocenters. The molecule has 0 saturated carbocycles. The average molecular weight is 1190 g/mol. The van der Waals surface area contributed by atoms with Crippen molar-refractivity contribution in [2.75, 3.05) is 0 Å². The van der Waals surface area contributed by atoms with Crippen LogP contribution in [-0.2, 0) is 44.9 Å². The summed E-state index contributed by atoms with van der Waals surface area (Å²) in [6.07, 6.45) is 12.5. The van der Waals surface area contributed by atoms with Crippen molar-refractivity contribution in [2.24, 2.45) is 35.5 Å². The van der Waals surface area contributed by atoms with Gasteiger partial charge >= 0.3 is 0 Å². The molecule has 0 saturated heterocycles. The first-order chi connectivity index (χ1) is 37.6. The van der Waals surface area contributed by atoms with Crippen LogP contribution in [0.25, 0.3) is 0 Å². The summed E-state index contributed by atoms with van der Waals surface area (Å²) in [7, 11) is 0. The van der Waals surface area contributed by atoms with E-state index in [9.17, 15) is 49.8 Å². The molecule has 85 heavy (non-hydrogen) atoms. The molecule has 10 nitrogen and oxygen atoms in total. The molecule has 0 radical (unpaired) electrons. The highest BCUT2D eigenvalue weighted by molar-refractivity contribution is 6.25. The molecule has 0 aliphatic heterocycles. The number of benzene rings is 2. The summed E-state index contributed by atoms with van der Waals surface area (Å²) in [5.41, 5.74) is 10.3. The van der Waals surface area contributed by atoms with Gasteiger partial charge in [0.25, 0.3) is 0 Å². The number of aromatic hydroxyl groups is 4. The van der Waals surface area contributed by atoms with E-state index in [-0.39, 0.29) is 51.2 Å². The maximum absolute atomic E-state index is 12.5. The SMILES string of the molecule is C.C.C.CC1=C(C)C(=O)C(CCC(C)(C)O)=C(CCC(C)C)C1=O.CC1=C(C)C(=O)C(CCC(C)C)=C(CCC(C)C)C1=O.Cc1c(C)c(O)c(CCC(C)(C)O)c(CCC(C)C)c1O.Cc1c(C)c(O)c(CCC(C)C)c(CCC(C)C)c1O. The van der Waals surface area contributed by atoms with Crippen LogP contribution in [0, 0.1) is 63.2 Å². The third kappa shape index (κ3) is 26.6. The summed E-state index contributed by atoms with van der Waals surface area (Å²) in [5.74, 6) is 4.85. The second-order valence-electron chi connectivity index (χ2n) is 27.8. The normalized spacial score (nSPS) is 14.0. The summed E-state index contributed by atoms with van der Waals surface area (Å²) in [4.78, 5) is 50.0. The van der Waals surface area contributed by atoms with Gasteiger partial charge in [0, 0.05) is 66.8 Å². The van der Waals surface area contributed by atoms with Gasteiger partial charge in [0.15, 0.2) is 23.1 Å². The number of ketones is 4. The molecule has 0 bridgehead atoms. The van der Waals surface area contributed by atoms with E-state index in [0.717, 1.165) is 126 Å². The zero-order valence-electron chi connectivity index (χ0n) is 56.1. The first-order valence-electron chi connectivity index (χ1n) is 31.1. The fourth-order valence-electron chi connectivity index (χ4n) is 9.92. The van der Waals surface area contributed by atoms with Gasteiger partial charge in [-0.25, -0.2) is 0 Å². The Balaban J connectivity index is -0.00000104. The van der Waals surface area contributed by atoms with Crippen molar-refractivity contribution < 1.29 is 49.8 Å². The Morgan fingerprint density at radius 2 is 0.459 bits per heavy atom. The molecule has 0 atom stereocenters. The molecule has 0 aromatic heterocycles. The molecule has 4 rings (SSSR count). The number of phenolic OH excluding ortho intramolecular Hbond substituents is 4. The van der Waals surface area contributed by atoms with Gasteiger partial charge in [-0.05, 0) is 244 Å². The Bertz CT molecular complexity index is 2560. The lowest BCUT2D eigenvalue weighted by Gasteiger charge is -2.24. The summed E-state index contributed by atoms with van der Waals surface area (Å²) in [6, 6.07) is 0. The number of allylic oxidation sites excluding steroid dienone is 8. The molecule has 2 aromatic carbocycles. The zero-order chi connectivity index (χ0) is 63.6. The van der Waals surface area contributed by atoms with Crippen molar-refractivity contribution in [2.45, 2.75) is 302 Å². The van der Waals surface area contributed by atoms with Crippen molar-refractivity contribution in [3.05, 3.63) is 89.1 Å². The highest BCUT2D eigenvalue weighted by Gasteiger charge is 2.32. The van der Waals surface area contributed by atoms with Crippen LogP contribution < -0.4 is 0 Å². The molecule has 2 aliphatic rings. The minimum Gasteiger partial charge on any atom is -0.507 e. The average Bonchev–Trinajstić information content (AvgIpc) is 2.15. The maximum Gasteiger partial charge on any atom is 0.185 e. The van der Waals surface area contributed by atoms with Gasteiger partial charge in [0.05, 0.1) is 11.2 Å². The van der Waals surface area contributed by atoms with E-state index in [2.05, 4.69) is 83.1 Å². The van der Waals surface area contributed by atoms with Crippen LogP contribution >= 0.6 is 0 Å². The first-order valence-corrected chi connectivity index (χ1v) is 31.1. The predicted molar refractivity (Wildman–Crippen MR) is 361 cm³/mol. The number of Topliss-reactive ketones (excluding diaryl/α,β-unsaturated/α-hetero) is 4. The van der Waals surface area contributed by atoms with E-state index in [1.165, 1.54) is 0 Å². The first kappa shape index (κ1) is 84.4. The van der Waals surface area contributed by atoms with Crippen LogP contribution in [0.15, 0.2) is 44.6 Å². The third-order valence-electron chi connectivity index (χ3n) is 16.5. The number of hydrogen-bond acceptors (Lipinski definition) is 10. The van der Waals surface area contributed by atoms with E-state index in [0.29, 0.717) is 118 Å². The van der Waals surface area contributed by atoms with E-state index in [1.54, 1.807) is 55.4 Å².